The Labute approximate surface area is 131 Å². The average Bonchev–Trinajstić information content (AvgIpc) is 2.47. The zero-order chi connectivity index (χ0) is 17.4. The van der Waals surface area contributed by atoms with Gasteiger partial charge in [0.25, 0.3) is 0 Å². The Kier molecular flexibility index (Phi) is 4.76. The summed E-state index contributed by atoms with van der Waals surface area (Å²) in [6, 6.07) is 4.04. The topological polar surface area (TPSA) is 37.4 Å². The molecule has 0 spiro atoms. The largest absolute Gasteiger partial charge is 0.243 e. The predicted octanol–water partition coefficient (Wildman–Crippen LogP) is 3.62. The van der Waals surface area contributed by atoms with Gasteiger partial charge in [-0.1, -0.05) is 6.07 Å². The Balaban J connectivity index is 2.40. The van der Waals surface area contributed by atoms with Gasteiger partial charge in [0.2, 0.25) is 10.0 Å². The number of halogens is 4. The minimum Gasteiger partial charge on any atom is -0.207 e. The first-order chi connectivity index (χ1) is 10.6. The van der Waals surface area contributed by atoms with Crippen LogP contribution in [0.2, 0.25) is 0 Å². The van der Waals surface area contributed by atoms with E-state index in [0.29, 0.717) is 18.2 Å². The van der Waals surface area contributed by atoms with Crippen LogP contribution < -0.4 is 0 Å². The van der Waals surface area contributed by atoms with Crippen LogP contribution in [0.15, 0.2) is 41.3 Å². The van der Waals surface area contributed by atoms with Crippen LogP contribution in [0.5, 0.6) is 0 Å². The van der Waals surface area contributed by atoms with Crippen LogP contribution in [0.25, 0.3) is 0 Å². The molecule has 23 heavy (non-hydrogen) atoms. The molecule has 124 valence electrons. The summed E-state index contributed by atoms with van der Waals surface area (Å²) in [4.78, 5) is -0.563. The van der Waals surface area contributed by atoms with Crippen LogP contribution in [0, 0.1) is 23.3 Å². The van der Waals surface area contributed by atoms with Crippen molar-refractivity contribution in [2.75, 3.05) is 7.05 Å². The molecule has 0 aliphatic carbocycles. The fourth-order valence-corrected chi connectivity index (χ4v) is 3.43. The molecule has 1 unspecified atom stereocenters. The lowest BCUT2D eigenvalue weighted by atomic mass is 10.1. The molecule has 0 fully saturated rings. The standard InChI is InChI=1S/C15H13F4NO2S/c1-9(10-3-4-14(18)15(19)5-10)20(2)23(21,22)13-7-11(16)6-12(17)8-13/h3-9H,1-2H3. The van der Waals surface area contributed by atoms with Crippen molar-refractivity contribution >= 4 is 10.0 Å². The molecule has 0 N–H and O–H groups in total. The van der Waals surface area contributed by atoms with Gasteiger partial charge >= 0.3 is 0 Å². The van der Waals surface area contributed by atoms with Crippen LogP contribution in [-0.4, -0.2) is 19.8 Å². The van der Waals surface area contributed by atoms with Gasteiger partial charge in [-0.05, 0) is 36.8 Å². The molecule has 0 aliphatic heterocycles. The highest BCUT2D eigenvalue weighted by molar-refractivity contribution is 7.89. The van der Waals surface area contributed by atoms with Gasteiger partial charge in [-0.3, -0.25) is 0 Å². The highest BCUT2D eigenvalue weighted by Crippen LogP contribution is 2.27. The van der Waals surface area contributed by atoms with E-state index in [-0.39, 0.29) is 5.56 Å². The van der Waals surface area contributed by atoms with E-state index in [2.05, 4.69) is 0 Å². The fraction of sp³-hybridized carbons (Fsp3) is 0.200. The Hall–Kier alpha value is -1.93. The first-order valence-corrected chi connectivity index (χ1v) is 7.96. The van der Waals surface area contributed by atoms with E-state index in [1.807, 2.05) is 0 Å². The Bertz CT molecular complexity index is 819. The number of hydrogen-bond acceptors (Lipinski definition) is 2. The summed E-state index contributed by atoms with van der Waals surface area (Å²) in [7, 11) is -3.03. The second kappa shape index (κ2) is 6.29. The Morgan fingerprint density at radius 1 is 0.913 bits per heavy atom. The lowest BCUT2D eigenvalue weighted by Gasteiger charge is -2.24. The molecule has 0 saturated carbocycles. The molecular weight excluding hydrogens is 334 g/mol. The van der Waals surface area contributed by atoms with E-state index in [4.69, 9.17) is 0 Å². The fourth-order valence-electron chi connectivity index (χ4n) is 2.03. The third kappa shape index (κ3) is 3.53. The molecule has 3 nitrogen and oxygen atoms in total. The van der Waals surface area contributed by atoms with Gasteiger partial charge in [-0.25, -0.2) is 26.0 Å². The van der Waals surface area contributed by atoms with E-state index in [0.717, 1.165) is 16.4 Å². The molecule has 2 aromatic carbocycles. The van der Waals surface area contributed by atoms with Crippen LogP contribution in [0.1, 0.15) is 18.5 Å². The van der Waals surface area contributed by atoms with E-state index in [9.17, 15) is 26.0 Å². The van der Waals surface area contributed by atoms with Crippen molar-refractivity contribution in [1.82, 2.24) is 4.31 Å². The first kappa shape index (κ1) is 17.4. The smallest absolute Gasteiger partial charge is 0.207 e. The molecule has 0 bridgehead atoms. The monoisotopic (exact) mass is 347 g/mol. The third-order valence-electron chi connectivity index (χ3n) is 3.48. The van der Waals surface area contributed by atoms with Gasteiger partial charge in [0.1, 0.15) is 11.6 Å². The minimum atomic E-state index is -4.22. The van der Waals surface area contributed by atoms with E-state index in [1.165, 1.54) is 20.0 Å². The normalized spacial score (nSPS) is 13.3. The quantitative estimate of drug-likeness (QED) is 0.792. The second-order valence-corrected chi connectivity index (χ2v) is 6.97. The molecule has 0 amide bonds. The summed E-state index contributed by atoms with van der Waals surface area (Å²) >= 11 is 0. The van der Waals surface area contributed by atoms with Crippen molar-refractivity contribution in [2.45, 2.75) is 17.9 Å². The summed E-state index contributed by atoms with van der Waals surface area (Å²) in [6.45, 7) is 1.44. The number of nitrogens with zero attached hydrogens (tertiary/aromatic N) is 1. The van der Waals surface area contributed by atoms with Crippen LogP contribution >= 0.6 is 0 Å². The van der Waals surface area contributed by atoms with Crippen LogP contribution in [-0.2, 0) is 10.0 Å². The summed E-state index contributed by atoms with van der Waals surface area (Å²) in [5.74, 6) is -4.23. The first-order valence-electron chi connectivity index (χ1n) is 6.52. The minimum absolute atomic E-state index is 0.201. The highest BCUT2D eigenvalue weighted by Gasteiger charge is 2.27. The SMILES string of the molecule is CC(c1ccc(F)c(F)c1)N(C)S(=O)(=O)c1cc(F)cc(F)c1. The van der Waals surface area contributed by atoms with Gasteiger partial charge in [0, 0.05) is 19.2 Å². The molecule has 0 saturated heterocycles. The molecule has 2 rings (SSSR count). The molecule has 0 radical (unpaired) electrons. The molecule has 8 heteroatoms. The lowest BCUT2D eigenvalue weighted by Crippen LogP contribution is -2.30. The van der Waals surface area contributed by atoms with Crippen molar-refractivity contribution in [3.8, 4) is 0 Å². The van der Waals surface area contributed by atoms with Gasteiger partial charge in [0.15, 0.2) is 11.6 Å². The van der Waals surface area contributed by atoms with E-state index < -0.39 is 44.2 Å². The van der Waals surface area contributed by atoms with Crippen LogP contribution in [0.3, 0.4) is 0 Å². The van der Waals surface area contributed by atoms with Gasteiger partial charge < -0.3 is 0 Å². The second-order valence-electron chi connectivity index (χ2n) is 4.98. The number of rotatable bonds is 4. The van der Waals surface area contributed by atoms with Crippen molar-refractivity contribution < 1.29 is 26.0 Å². The van der Waals surface area contributed by atoms with Crippen molar-refractivity contribution in [3.63, 3.8) is 0 Å². The zero-order valence-electron chi connectivity index (χ0n) is 12.2. The average molecular weight is 347 g/mol. The van der Waals surface area contributed by atoms with Crippen molar-refractivity contribution in [3.05, 3.63) is 65.2 Å². The molecule has 2 aromatic rings. The van der Waals surface area contributed by atoms with Crippen molar-refractivity contribution in [2.24, 2.45) is 0 Å². The van der Waals surface area contributed by atoms with E-state index in [1.54, 1.807) is 0 Å². The summed E-state index contributed by atoms with van der Waals surface area (Å²) in [5, 5.41) is 0. The summed E-state index contributed by atoms with van der Waals surface area (Å²) in [6.07, 6.45) is 0. The summed E-state index contributed by atoms with van der Waals surface area (Å²) in [5.41, 5.74) is 0.201. The maximum absolute atomic E-state index is 13.3. The van der Waals surface area contributed by atoms with Crippen LogP contribution in [0.4, 0.5) is 17.6 Å². The predicted molar refractivity (Wildman–Crippen MR) is 76.1 cm³/mol. The third-order valence-corrected chi connectivity index (χ3v) is 5.39. The molecular formula is C15H13F4NO2S. The van der Waals surface area contributed by atoms with Gasteiger partial charge in [-0.2, -0.15) is 4.31 Å². The molecule has 0 heterocycles. The zero-order valence-corrected chi connectivity index (χ0v) is 13.0. The van der Waals surface area contributed by atoms with E-state index >= 15 is 0 Å². The van der Waals surface area contributed by atoms with Gasteiger partial charge in [0.05, 0.1) is 4.90 Å². The highest BCUT2D eigenvalue weighted by atomic mass is 32.2. The number of hydrogen-bond donors (Lipinski definition) is 0. The number of benzene rings is 2. The number of sulfonamides is 1. The maximum Gasteiger partial charge on any atom is 0.243 e. The Morgan fingerprint density at radius 2 is 1.48 bits per heavy atom. The van der Waals surface area contributed by atoms with Gasteiger partial charge in [-0.15, -0.1) is 0 Å². The lowest BCUT2D eigenvalue weighted by molar-refractivity contribution is 0.395. The Morgan fingerprint density at radius 3 is 2.00 bits per heavy atom. The molecule has 0 aliphatic rings. The van der Waals surface area contributed by atoms with Crippen molar-refractivity contribution in [1.29, 1.82) is 0 Å². The summed E-state index contributed by atoms with van der Waals surface area (Å²) < 4.78 is 78.4. The maximum atomic E-state index is 13.3. The molecule has 0 aromatic heterocycles. The molecule has 1 atom stereocenters.